The number of hydrogen-bond donors (Lipinski definition) is 0. The van der Waals surface area contributed by atoms with E-state index in [2.05, 4.69) is 4.18 Å². The molecule has 6 nitrogen and oxygen atoms in total. The van der Waals surface area contributed by atoms with Crippen molar-refractivity contribution in [3.63, 3.8) is 0 Å². The first kappa shape index (κ1) is 33.2. The van der Waals surface area contributed by atoms with Crippen LogP contribution in [0.3, 0.4) is 0 Å². The Kier molecular flexibility index (Phi) is 12.1. The largest absolute Gasteiger partial charge is 0.460 e. The standard InChI is InChI=1S/C18H29F9O6S/c1-5-8-10-11-13(32-14(4,30-7-3)31-12-9-6-2)33-34(28,29)18(26,27)16(21,22)15(19,20)17(23,24)25/h13H,5-12H2,1-4H3. The minimum Gasteiger partial charge on any atom is -0.328 e. The van der Waals surface area contributed by atoms with E-state index in [4.69, 9.17) is 14.2 Å². The van der Waals surface area contributed by atoms with Gasteiger partial charge in [0.05, 0.1) is 6.61 Å². The highest BCUT2D eigenvalue weighted by Crippen LogP contribution is 2.55. The van der Waals surface area contributed by atoms with E-state index in [9.17, 15) is 47.9 Å². The summed E-state index contributed by atoms with van der Waals surface area (Å²) in [6, 6.07) is 0. The second kappa shape index (κ2) is 12.4. The Hall–Kier alpha value is -0.840. The Morgan fingerprint density at radius 3 is 1.74 bits per heavy atom. The SMILES string of the molecule is CCCCCC(OC(C)(OCC)OCCCC)OS(=O)(=O)C(F)(F)C(F)(F)C(F)(F)C(F)(F)F. The molecule has 0 bridgehead atoms. The van der Waals surface area contributed by atoms with Crippen LogP contribution in [-0.4, -0.2) is 57.2 Å². The third-order valence-electron chi connectivity index (χ3n) is 4.32. The molecule has 0 fully saturated rings. The van der Waals surface area contributed by atoms with Gasteiger partial charge in [0, 0.05) is 13.5 Å². The van der Waals surface area contributed by atoms with Crippen LogP contribution in [0.5, 0.6) is 0 Å². The van der Waals surface area contributed by atoms with Crippen molar-refractivity contribution in [2.24, 2.45) is 0 Å². The van der Waals surface area contributed by atoms with Gasteiger partial charge >= 0.3 is 33.4 Å². The maximum Gasteiger partial charge on any atom is 0.460 e. The van der Waals surface area contributed by atoms with Crippen molar-refractivity contribution >= 4 is 10.1 Å². The summed E-state index contributed by atoms with van der Waals surface area (Å²) < 4.78 is 162. The molecule has 0 aliphatic carbocycles. The van der Waals surface area contributed by atoms with Gasteiger partial charge in [-0.2, -0.15) is 47.9 Å². The molecule has 34 heavy (non-hydrogen) atoms. The van der Waals surface area contributed by atoms with E-state index in [1.165, 1.54) is 6.92 Å². The topological polar surface area (TPSA) is 71.1 Å². The summed E-state index contributed by atoms with van der Waals surface area (Å²) >= 11 is 0. The van der Waals surface area contributed by atoms with Gasteiger partial charge in [-0.15, -0.1) is 0 Å². The van der Waals surface area contributed by atoms with Crippen molar-refractivity contribution in [3.05, 3.63) is 0 Å². The zero-order valence-corrected chi connectivity index (χ0v) is 19.8. The van der Waals surface area contributed by atoms with Gasteiger partial charge in [0.1, 0.15) is 0 Å². The minimum atomic E-state index is -7.41. The van der Waals surface area contributed by atoms with Crippen molar-refractivity contribution in [2.45, 2.75) is 102 Å². The average Bonchev–Trinajstić information content (AvgIpc) is 2.66. The first-order chi connectivity index (χ1) is 15.3. The third kappa shape index (κ3) is 7.83. The summed E-state index contributed by atoms with van der Waals surface area (Å²) in [5.41, 5.74) is 0. The molecule has 0 amide bonds. The van der Waals surface area contributed by atoms with Gasteiger partial charge in [-0.25, -0.2) is 4.18 Å². The van der Waals surface area contributed by atoms with Crippen LogP contribution in [0.15, 0.2) is 0 Å². The van der Waals surface area contributed by atoms with Crippen LogP contribution in [0.1, 0.15) is 66.2 Å². The van der Waals surface area contributed by atoms with Crippen LogP contribution in [0.4, 0.5) is 39.5 Å². The molecular weight excluding hydrogens is 515 g/mol. The molecule has 0 saturated carbocycles. The summed E-state index contributed by atoms with van der Waals surface area (Å²) in [6.07, 6.45) is -8.11. The lowest BCUT2D eigenvalue weighted by molar-refractivity contribution is -0.402. The van der Waals surface area contributed by atoms with Crippen molar-refractivity contribution in [1.29, 1.82) is 0 Å². The van der Waals surface area contributed by atoms with Crippen LogP contribution in [0.25, 0.3) is 0 Å². The average molecular weight is 544 g/mol. The molecule has 0 saturated heterocycles. The summed E-state index contributed by atoms with van der Waals surface area (Å²) in [6.45, 7) is 5.85. The number of alkyl halides is 9. The summed E-state index contributed by atoms with van der Waals surface area (Å²) in [5.74, 6) is -16.9. The van der Waals surface area contributed by atoms with Crippen molar-refractivity contribution < 1.29 is 66.3 Å². The van der Waals surface area contributed by atoms with Gasteiger partial charge < -0.3 is 9.47 Å². The molecule has 0 radical (unpaired) electrons. The number of ether oxygens (including phenoxy) is 3. The quantitative estimate of drug-likeness (QED) is 0.0939. The molecule has 16 heteroatoms. The molecule has 0 rings (SSSR count). The van der Waals surface area contributed by atoms with Crippen LogP contribution < -0.4 is 0 Å². The lowest BCUT2D eigenvalue weighted by atomic mass is 10.1. The first-order valence-electron chi connectivity index (χ1n) is 10.3. The maximum atomic E-state index is 14.0. The van der Waals surface area contributed by atoms with Crippen molar-refractivity contribution in [3.8, 4) is 0 Å². The fourth-order valence-electron chi connectivity index (χ4n) is 2.42. The number of hydrogen-bond acceptors (Lipinski definition) is 6. The third-order valence-corrected chi connectivity index (χ3v) is 5.67. The number of unbranched alkanes of at least 4 members (excludes halogenated alkanes) is 3. The maximum absolute atomic E-state index is 14.0. The lowest BCUT2D eigenvalue weighted by Crippen LogP contribution is -2.63. The summed E-state index contributed by atoms with van der Waals surface area (Å²) in [4.78, 5) is 0. The Morgan fingerprint density at radius 2 is 1.29 bits per heavy atom. The van der Waals surface area contributed by atoms with Crippen molar-refractivity contribution in [2.75, 3.05) is 13.2 Å². The van der Waals surface area contributed by atoms with Crippen LogP contribution >= 0.6 is 0 Å². The van der Waals surface area contributed by atoms with E-state index >= 15 is 0 Å². The highest BCUT2D eigenvalue weighted by Gasteiger charge is 2.86. The summed E-state index contributed by atoms with van der Waals surface area (Å²) in [7, 11) is -7.11. The van der Waals surface area contributed by atoms with Crippen LogP contribution in [0, 0.1) is 0 Å². The van der Waals surface area contributed by atoms with Gasteiger partial charge in [-0.05, 0) is 26.2 Å². The molecule has 0 aromatic carbocycles. The number of halogens is 9. The van der Waals surface area contributed by atoms with Crippen LogP contribution in [-0.2, 0) is 28.5 Å². The molecule has 2 atom stereocenters. The zero-order valence-electron chi connectivity index (χ0n) is 19.0. The van der Waals surface area contributed by atoms with E-state index in [0.717, 1.165) is 6.92 Å². The molecule has 0 aromatic heterocycles. The van der Waals surface area contributed by atoms with E-state index in [1.54, 1.807) is 13.8 Å². The molecule has 0 aromatic rings. The van der Waals surface area contributed by atoms with Gasteiger partial charge in [0.25, 0.3) is 5.97 Å². The van der Waals surface area contributed by atoms with E-state index < -0.39 is 52.1 Å². The van der Waals surface area contributed by atoms with Crippen molar-refractivity contribution in [1.82, 2.24) is 0 Å². The molecule has 0 N–H and O–H groups in total. The molecule has 0 aliphatic heterocycles. The predicted molar refractivity (Wildman–Crippen MR) is 101 cm³/mol. The van der Waals surface area contributed by atoms with Crippen LogP contribution in [0.2, 0.25) is 0 Å². The molecule has 0 spiro atoms. The number of rotatable bonds is 17. The highest BCUT2D eigenvalue weighted by atomic mass is 32.2. The predicted octanol–water partition coefficient (Wildman–Crippen LogP) is 6.21. The first-order valence-corrected chi connectivity index (χ1v) is 11.8. The molecule has 0 heterocycles. The second-order valence-electron chi connectivity index (χ2n) is 7.25. The molecule has 206 valence electrons. The molecular formula is C18H29F9O6S. The van der Waals surface area contributed by atoms with Gasteiger partial charge in [0.15, 0.2) is 6.29 Å². The Morgan fingerprint density at radius 1 is 0.765 bits per heavy atom. The smallest absolute Gasteiger partial charge is 0.328 e. The van der Waals surface area contributed by atoms with Gasteiger partial charge in [0.2, 0.25) is 0 Å². The van der Waals surface area contributed by atoms with E-state index in [0.29, 0.717) is 25.7 Å². The van der Waals surface area contributed by atoms with E-state index in [1.807, 2.05) is 0 Å². The fourth-order valence-corrected chi connectivity index (χ4v) is 3.40. The van der Waals surface area contributed by atoms with Gasteiger partial charge in [-0.3, -0.25) is 4.74 Å². The fraction of sp³-hybridized carbons (Fsp3) is 1.00. The highest BCUT2D eigenvalue weighted by molar-refractivity contribution is 7.87. The Balaban J connectivity index is 6.08. The Labute approximate surface area is 192 Å². The molecule has 0 aliphatic rings. The Bertz CT molecular complexity index is 715. The van der Waals surface area contributed by atoms with Gasteiger partial charge in [-0.1, -0.05) is 33.1 Å². The summed E-state index contributed by atoms with van der Waals surface area (Å²) in [5, 5.41) is -6.99. The lowest BCUT2D eigenvalue weighted by Gasteiger charge is -2.35. The second-order valence-corrected chi connectivity index (χ2v) is 8.87. The molecule has 2 unspecified atom stereocenters. The van der Waals surface area contributed by atoms with E-state index in [-0.39, 0.29) is 19.6 Å². The normalized spacial score (nSPS) is 17.0. The monoisotopic (exact) mass is 544 g/mol. The zero-order chi connectivity index (χ0) is 27.1. The minimum absolute atomic E-state index is 0.0223.